The second kappa shape index (κ2) is 5.58. The molecule has 0 unspecified atom stereocenters. The Labute approximate surface area is 119 Å². The molecule has 1 aliphatic heterocycles. The molecule has 3 amide bonds. The summed E-state index contributed by atoms with van der Waals surface area (Å²) in [5.41, 5.74) is 0.490. The van der Waals surface area contributed by atoms with Crippen molar-refractivity contribution in [2.75, 3.05) is 18.5 Å². The van der Waals surface area contributed by atoms with Crippen molar-refractivity contribution in [1.82, 2.24) is 5.32 Å². The number of benzene rings is 1. The van der Waals surface area contributed by atoms with E-state index in [4.69, 9.17) is 13.9 Å². The second-order valence-electron chi connectivity index (χ2n) is 4.24. The third-order valence-electron chi connectivity index (χ3n) is 2.77. The molecule has 0 saturated carbocycles. The van der Waals surface area contributed by atoms with Gasteiger partial charge < -0.3 is 19.2 Å². The largest absolute Gasteiger partial charge is 0.486 e. The third kappa shape index (κ3) is 2.97. The van der Waals surface area contributed by atoms with Gasteiger partial charge in [0.15, 0.2) is 17.3 Å². The molecular weight excluding hydrogens is 276 g/mol. The van der Waals surface area contributed by atoms with Crippen molar-refractivity contribution in [2.45, 2.75) is 0 Å². The first-order valence-electron chi connectivity index (χ1n) is 6.28. The van der Waals surface area contributed by atoms with Crippen LogP contribution in [0.25, 0.3) is 0 Å². The van der Waals surface area contributed by atoms with Crippen LogP contribution in [-0.4, -0.2) is 25.2 Å². The molecule has 21 heavy (non-hydrogen) atoms. The van der Waals surface area contributed by atoms with Crippen LogP contribution in [0, 0.1) is 0 Å². The van der Waals surface area contributed by atoms with Crippen molar-refractivity contribution >= 4 is 17.6 Å². The Morgan fingerprint density at radius 3 is 2.62 bits per heavy atom. The summed E-state index contributed by atoms with van der Waals surface area (Å²) in [5, 5.41) is 4.69. The summed E-state index contributed by atoms with van der Waals surface area (Å²) >= 11 is 0. The lowest BCUT2D eigenvalue weighted by Crippen LogP contribution is -2.34. The normalized spacial score (nSPS) is 12.6. The third-order valence-corrected chi connectivity index (χ3v) is 2.77. The van der Waals surface area contributed by atoms with Crippen LogP contribution < -0.4 is 20.1 Å². The highest BCUT2D eigenvalue weighted by Gasteiger charge is 2.15. The van der Waals surface area contributed by atoms with Crippen LogP contribution in [0.4, 0.5) is 10.5 Å². The molecule has 0 fully saturated rings. The molecule has 2 aromatic rings. The van der Waals surface area contributed by atoms with Gasteiger partial charge in [-0.3, -0.25) is 10.1 Å². The highest BCUT2D eigenvalue weighted by atomic mass is 16.6. The summed E-state index contributed by atoms with van der Waals surface area (Å²) in [6.07, 6.45) is 1.35. The second-order valence-corrected chi connectivity index (χ2v) is 4.24. The summed E-state index contributed by atoms with van der Waals surface area (Å²) in [5.74, 6) is 0.623. The van der Waals surface area contributed by atoms with Crippen molar-refractivity contribution in [3.05, 3.63) is 42.4 Å². The Morgan fingerprint density at radius 1 is 1.05 bits per heavy atom. The number of hydrogen-bond donors (Lipinski definition) is 2. The minimum atomic E-state index is -0.659. The molecule has 0 saturated heterocycles. The van der Waals surface area contributed by atoms with E-state index in [9.17, 15) is 9.59 Å². The maximum Gasteiger partial charge on any atom is 0.326 e. The number of ether oxygens (including phenoxy) is 2. The van der Waals surface area contributed by atoms with Gasteiger partial charge in [0.2, 0.25) is 0 Å². The van der Waals surface area contributed by atoms with Gasteiger partial charge in [0, 0.05) is 11.8 Å². The monoisotopic (exact) mass is 288 g/mol. The first-order chi connectivity index (χ1) is 10.2. The fourth-order valence-corrected chi connectivity index (χ4v) is 1.86. The fraction of sp³-hybridized carbons (Fsp3) is 0.143. The molecule has 1 aromatic heterocycles. The SMILES string of the molecule is O=C(NC(=O)c1ccco1)Nc1ccc2c(c1)OCCO2. The average Bonchev–Trinajstić information content (AvgIpc) is 3.01. The zero-order valence-corrected chi connectivity index (χ0v) is 10.9. The summed E-state index contributed by atoms with van der Waals surface area (Å²) < 4.78 is 15.7. The van der Waals surface area contributed by atoms with Gasteiger partial charge in [0.05, 0.1) is 6.26 Å². The summed E-state index contributed by atoms with van der Waals surface area (Å²) in [6, 6.07) is 7.35. The summed E-state index contributed by atoms with van der Waals surface area (Å²) in [6.45, 7) is 0.956. The Bertz CT molecular complexity index is 666. The molecule has 108 valence electrons. The molecule has 2 heterocycles. The predicted molar refractivity (Wildman–Crippen MR) is 72.6 cm³/mol. The Hall–Kier alpha value is -2.96. The van der Waals surface area contributed by atoms with Crippen molar-refractivity contribution in [3.63, 3.8) is 0 Å². The first kappa shape index (κ1) is 13.0. The van der Waals surface area contributed by atoms with E-state index >= 15 is 0 Å². The molecule has 3 rings (SSSR count). The molecule has 0 spiro atoms. The van der Waals surface area contributed by atoms with Crippen LogP contribution in [0.2, 0.25) is 0 Å². The zero-order valence-electron chi connectivity index (χ0n) is 10.9. The lowest BCUT2D eigenvalue weighted by Gasteiger charge is -2.18. The number of nitrogens with one attached hydrogen (secondary N) is 2. The molecule has 1 aromatic carbocycles. The first-order valence-corrected chi connectivity index (χ1v) is 6.28. The van der Waals surface area contributed by atoms with Gasteiger partial charge in [-0.15, -0.1) is 0 Å². The molecule has 7 nitrogen and oxygen atoms in total. The van der Waals surface area contributed by atoms with Gasteiger partial charge in [-0.1, -0.05) is 0 Å². The van der Waals surface area contributed by atoms with Crippen LogP contribution in [0.5, 0.6) is 11.5 Å². The van der Waals surface area contributed by atoms with Crippen LogP contribution >= 0.6 is 0 Å². The van der Waals surface area contributed by atoms with E-state index < -0.39 is 11.9 Å². The van der Waals surface area contributed by atoms with Crippen molar-refractivity contribution in [3.8, 4) is 11.5 Å². The van der Waals surface area contributed by atoms with Gasteiger partial charge in [-0.05, 0) is 24.3 Å². The number of urea groups is 1. The van der Waals surface area contributed by atoms with Crippen LogP contribution in [-0.2, 0) is 0 Å². The molecule has 0 bridgehead atoms. The van der Waals surface area contributed by atoms with Crippen molar-refractivity contribution < 1.29 is 23.5 Å². The number of carbonyl (C=O) groups is 2. The molecule has 0 aliphatic carbocycles. The van der Waals surface area contributed by atoms with Gasteiger partial charge in [0.1, 0.15) is 13.2 Å². The van der Waals surface area contributed by atoms with Crippen molar-refractivity contribution in [2.24, 2.45) is 0 Å². The van der Waals surface area contributed by atoms with E-state index in [1.807, 2.05) is 0 Å². The lowest BCUT2D eigenvalue weighted by atomic mass is 10.2. The number of amides is 3. The molecule has 1 aliphatic rings. The Balaban J connectivity index is 1.63. The number of anilines is 1. The van der Waals surface area contributed by atoms with Crippen LogP contribution in [0.15, 0.2) is 41.0 Å². The van der Waals surface area contributed by atoms with Gasteiger partial charge in [0.25, 0.3) is 5.91 Å². The smallest absolute Gasteiger partial charge is 0.326 e. The standard InChI is InChI=1S/C14H12N2O5/c17-13(11-2-1-5-19-11)16-14(18)15-9-3-4-10-12(8-9)21-7-6-20-10/h1-5,8H,6-7H2,(H2,15,16,17,18). The Kier molecular flexibility index (Phi) is 3.46. The number of fused-ring (bicyclic) bond motifs is 1. The number of carbonyl (C=O) groups excluding carboxylic acids is 2. The predicted octanol–water partition coefficient (Wildman–Crippen LogP) is 2.01. The summed E-state index contributed by atoms with van der Waals surface area (Å²) in [4.78, 5) is 23.4. The van der Waals surface area contributed by atoms with Crippen LogP contribution in [0.3, 0.4) is 0 Å². The number of imide groups is 1. The van der Waals surface area contributed by atoms with E-state index in [2.05, 4.69) is 10.6 Å². The number of rotatable bonds is 2. The van der Waals surface area contributed by atoms with Gasteiger partial charge in [-0.25, -0.2) is 4.79 Å². The Morgan fingerprint density at radius 2 is 1.86 bits per heavy atom. The van der Waals surface area contributed by atoms with E-state index in [1.165, 1.54) is 12.3 Å². The van der Waals surface area contributed by atoms with E-state index in [1.54, 1.807) is 24.3 Å². The van der Waals surface area contributed by atoms with Gasteiger partial charge in [-0.2, -0.15) is 0 Å². The quantitative estimate of drug-likeness (QED) is 0.882. The minimum Gasteiger partial charge on any atom is -0.486 e. The molecule has 7 heteroatoms. The highest BCUT2D eigenvalue weighted by molar-refractivity contribution is 6.06. The maximum atomic E-state index is 11.7. The molecule has 2 N–H and O–H groups in total. The maximum absolute atomic E-state index is 11.7. The molecule has 0 radical (unpaired) electrons. The molecular formula is C14H12N2O5. The summed E-state index contributed by atoms with van der Waals surface area (Å²) in [7, 11) is 0. The van der Waals surface area contributed by atoms with E-state index in [-0.39, 0.29) is 5.76 Å². The highest BCUT2D eigenvalue weighted by Crippen LogP contribution is 2.32. The van der Waals surface area contributed by atoms with Crippen LogP contribution in [0.1, 0.15) is 10.6 Å². The number of hydrogen-bond acceptors (Lipinski definition) is 5. The van der Waals surface area contributed by atoms with E-state index in [0.29, 0.717) is 30.4 Å². The zero-order chi connectivity index (χ0) is 14.7. The average molecular weight is 288 g/mol. The lowest BCUT2D eigenvalue weighted by molar-refractivity contribution is 0.0940. The topological polar surface area (TPSA) is 89.8 Å². The molecule has 0 atom stereocenters. The van der Waals surface area contributed by atoms with Crippen molar-refractivity contribution in [1.29, 1.82) is 0 Å². The van der Waals surface area contributed by atoms with E-state index in [0.717, 1.165) is 0 Å². The number of furan rings is 1. The fourth-order valence-electron chi connectivity index (χ4n) is 1.86. The minimum absolute atomic E-state index is 0.0623. The van der Waals surface area contributed by atoms with Gasteiger partial charge >= 0.3 is 6.03 Å².